The number of hydrogen-bond donors (Lipinski definition) is 1. The predicted molar refractivity (Wildman–Crippen MR) is 96.6 cm³/mol. The van der Waals surface area contributed by atoms with Crippen molar-refractivity contribution in [2.75, 3.05) is 24.6 Å². The fourth-order valence-electron chi connectivity index (χ4n) is 3.61. The second kappa shape index (κ2) is 7.86. The van der Waals surface area contributed by atoms with Crippen molar-refractivity contribution in [3.8, 4) is 5.75 Å². The molecule has 7 heteroatoms. The van der Waals surface area contributed by atoms with Gasteiger partial charge in [-0.05, 0) is 50.1 Å². The molecule has 2 heterocycles. The molecular formula is C19H25N3O4. The van der Waals surface area contributed by atoms with Crippen molar-refractivity contribution in [1.29, 1.82) is 0 Å². The summed E-state index contributed by atoms with van der Waals surface area (Å²) in [5.74, 6) is -0.334. The maximum Gasteiger partial charge on any atom is 0.251 e. The van der Waals surface area contributed by atoms with E-state index in [1.807, 2.05) is 11.8 Å². The van der Waals surface area contributed by atoms with Crippen LogP contribution in [-0.4, -0.2) is 48.4 Å². The topological polar surface area (TPSA) is 92.9 Å². The Morgan fingerprint density at radius 2 is 2.00 bits per heavy atom. The van der Waals surface area contributed by atoms with Crippen LogP contribution in [0.15, 0.2) is 24.3 Å². The van der Waals surface area contributed by atoms with Gasteiger partial charge >= 0.3 is 0 Å². The number of hydrogen-bond acceptors (Lipinski definition) is 5. The molecule has 0 aliphatic carbocycles. The van der Waals surface area contributed by atoms with E-state index in [0.717, 1.165) is 19.3 Å². The Kier molecular flexibility index (Phi) is 5.56. The number of piperidine rings is 1. The number of benzene rings is 1. The fraction of sp³-hybridized carbons (Fsp3) is 0.526. The molecule has 1 aromatic rings. The van der Waals surface area contributed by atoms with Gasteiger partial charge in [-0.25, -0.2) is 4.90 Å². The van der Waals surface area contributed by atoms with Gasteiger partial charge in [0, 0.05) is 6.54 Å². The van der Waals surface area contributed by atoms with Crippen LogP contribution in [0.1, 0.15) is 32.6 Å². The van der Waals surface area contributed by atoms with Crippen molar-refractivity contribution < 1.29 is 19.1 Å². The first-order chi connectivity index (χ1) is 12.5. The van der Waals surface area contributed by atoms with Crippen LogP contribution in [0.4, 0.5) is 5.69 Å². The third kappa shape index (κ3) is 3.72. The van der Waals surface area contributed by atoms with Gasteiger partial charge in [-0.1, -0.05) is 6.92 Å². The Labute approximate surface area is 153 Å². The predicted octanol–water partition coefficient (Wildman–Crippen LogP) is 1.30. The standard InChI is InChI=1S/C19H25N3O4/c1-2-10-26-15-7-5-14(6-8-15)22-17(23)11-16(19(22)25)21-9-3-4-13(12-21)18(20)24/h5-8,13,16H,2-4,9-12H2,1H3,(H2,20,24)/t13-,16-/m1/s1. The van der Waals surface area contributed by atoms with Gasteiger partial charge in [-0.15, -0.1) is 0 Å². The third-order valence-corrected chi connectivity index (χ3v) is 4.99. The van der Waals surface area contributed by atoms with E-state index < -0.39 is 6.04 Å². The number of imide groups is 1. The minimum Gasteiger partial charge on any atom is -0.494 e. The lowest BCUT2D eigenvalue weighted by Crippen LogP contribution is -2.49. The first-order valence-corrected chi connectivity index (χ1v) is 9.14. The number of rotatable bonds is 6. The zero-order valence-electron chi connectivity index (χ0n) is 15.0. The van der Waals surface area contributed by atoms with Crippen molar-refractivity contribution in [2.45, 2.75) is 38.6 Å². The van der Waals surface area contributed by atoms with Gasteiger partial charge in [0.05, 0.1) is 30.7 Å². The Morgan fingerprint density at radius 3 is 2.65 bits per heavy atom. The maximum atomic E-state index is 12.9. The van der Waals surface area contributed by atoms with Crippen LogP contribution in [0.2, 0.25) is 0 Å². The summed E-state index contributed by atoms with van der Waals surface area (Å²) in [6, 6.07) is 6.48. The summed E-state index contributed by atoms with van der Waals surface area (Å²) in [6.07, 6.45) is 2.59. The van der Waals surface area contributed by atoms with Gasteiger partial charge in [0.1, 0.15) is 5.75 Å². The summed E-state index contributed by atoms with van der Waals surface area (Å²) in [7, 11) is 0. The van der Waals surface area contributed by atoms with E-state index in [4.69, 9.17) is 10.5 Å². The van der Waals surface area contributed by atoms with Gasteiger partial charge < -0.3 is 10.5 Å². The molecule has 0 saturated carbocycles. The Morgan fingerprint density at radius 1 is 1.27 bits per heavy atom. The van der Waals surface area contributed by atoms with Crippen LogP contribution < -0.4 is 15.4 Å². The van der Waals surface area contributed by atoms with Crippen molar-refractivity contribution in [3.63, 3.8) is 0 Å². The van der Waals surface area contributed by atoms with Crippen molar-refractivity contribution in [2.24, 2.45) is 11.7 Å². The highest BCUT2D eigenvalue weighted by Gasteiger charge is 2.44. The molecule has 0 bridgehead atoms. The zero-order chi connectivity index (χ0) is 18.7. The number of anilines is 1. The Bertz CT molecular complexity index is 689. The molecule has 2 saturated heterocycles. The summed E-state index contributed by atoms with van der Waals surface area (Å²) >= 11 is 0. The molecule has 140 valence electrons. The summed E-state index contributed by atoms with van der Waals surface area (Å²) in [5, 5.41) is 0. The summed E-state index contributed by atoms with van der Waals surface area (Å²) < 4.78 is 5.54. The highest BCUT2D eigenvalue weighted by molar-refractivity contribution is 6.22. The largest absolute Gasteiger partial charge is 0.494 e. The van der Waals surface area contributed by atoms with Crippen molar-refractivity contribution in [3.05, 3.63) is 24.3 Å². The summed E-state index contributed by atoms with van der Waals surface area (Å²) in [5.41, 5.74) is 5.97. The molecule has 0 unspecified atom stereocenters. The fourth-order valence-corrected chi connectivity index (χ4v) is 3.61. The van der Waals surface area contributed by atoms with E-state index >= 15 is 0 Å². The van der Waals surface area contributed by atoms with E-state index in [0.29, 0.717) is 31.1 Å². The lowest BCUT2D eigenvalue weighted by molar-refractivity contribution is -0.127. The number of carbonyl (C=O) groups excluding carboxylic acids is 3. The summed E-state index contributed by atoms with van der Waals surface area (Å²) in [6.45, 7) is 3.79. The average molecular weight is 359 g/mol. The van der Waals surface area contributed by atoms with Gasteiger partial charge in [-0.3, -0.25) is 19.3 Å². The number of nitrogens with zero attached hydrogens (tertiary/aromatic N) is 2. The van der Waals surface area contributed by atoms with Crippen LogP contribution in [0.3, 0.4) is 0 Å². The van der Waals surface area contributed by atoms with Crippen molar-refractivity contribution in [1.82, 2.24) is 4.90 Å². The Hall–Kier alpha value is -2.41. The van der Waals surface area contributed by atoms with Gasteiger partial charge in [-0.2, -0.15) is 0 Å². The number of primary amides is 1. The second-order valence-corrected chi connectivity index (χ2v) is 6.87. The van der Waals surface area contributed by atoms with E-state index in [-0.39, 0.29) is 30.1 Å². The molecule has 2 fully saturated rings. The summed E-state index contributed by atoms with van der Waals surface area (Å²) in [4.78, 5) is 40.0. The molecule has 2 aliphatic rings. The highest BCUT2D eigenvalue weighted by Crippen LogP contribution is 2.29. The van der Waals surface area contributed by atoms with Crippen LogP contribution in [0.5, 0.6) is 5.75 Å². The number of carbonyl (C=O) groups is 3. The smallest absolute Gasteiger partial charge is 0.251 e. The number of amides is 3. The first kappa shape index (κ1) is 18.4. The molecule has 26 heavy (non-hydrogen) atoms. The quantitative estimate of drug-likeness (QED) is 0.773. The first-order valence-electron chi connectivity index (χ1n) is 9.14. The van der Waals surface area contributed by atoms with Crippen LogP contribution in [0.25, 0.3) is 0 Å². The average Bonchev–Trinajstić information content (AvgIpc) is 2.95. The van der Waals surface area contributed by atoms with E-state index in [9.17, 15) is 14.4 Å². The number of likely N-dealkylation sites (tertiary alicyclic amines) is 1. The molecule has 3 amide bonds. The third-order valence-electron chi connectivity index (χ3n) is 4.99. The van der Waals surface area contributed by atoms with Crippen LogP contribution in [-0.2, 0) is 14.4 Å². The minimum atomic E-state index is -0.513. The van der Waals surface area contributed by atoms with Gasteiger partial charge in [0.15, 0.2) is 0 Å². The number of nitrogens with two attached hydrogens (primary N) is 1. The van der Waals surface area contributed by atoms with Gasteiger partial charge in [0.2, 0.25) is 11.8 Å². The van der Waals surface area contributed by atoms with E-state index in [2.05, 4.69) is 0 Å². The van der Waals surface area contributed by atoms with Gasteiger partial charge in [0.25, 0.3) is 5.91 Å². The van der Waals surface area contributed by atoms with Crippen LogP contribution >= 0.6 is 0 Å². The zero-order valence-corrected chi connectivity index (χ0v) is 15.0. The van der Waals surface area contributed by atoms with E-state index in [1.165, 1.54) is 4.90 Å². The lowest BCUT2D eigenvalue weighted by Gasteiger charge is -2.34. The SMILES string of the molecule is CCCOc1ccc(N2C(=O)C[C@@H](N3CCC[C@@H](C(N)=O)C3)C2=O)cc1. The van der Waals surface area contributed by atoms with E-state index in [1.54, 1.807) is 24.3 Å². The maximum absolute atomic E-state index is 12.9. The second-order valence-electron chi connectivity index (χ2n) is 6.87. The number of ether oxygens (including phenoxy) is 1. The molecule has 0 aromatic heterocycles. The monoisotopic (exact) mass is 359 g/mol. The normalized spacial score (nSPS) is 24.1. The highest BCUT2D eigenvalue weighted by atomic mass is 16.5. The molecule has 2 N–H and O–H groups in total. The molecule has 7 nitrogen and oxygen atoms in total. The molecule has 0 radical (unpaired) electrons. The van der Waals surface area contributed by atoms with Crippen LogP contribution in [0, 0.1) is 5.92 Å². The lowest BCUT2D eigenvalue weighted by atomic mass is 9.96. The molecule has 2 atom stereocenters. The molecule has 3 rings (SSSR count). The van der Waals surface area contributed by atoms with Crippen molar-refractivity contribution >= 4 is 23.4 Å². The minimum absolute atomic E-state index is 0.137. The molecular weight excluding hydrogens is 334 g/mol. The molecule has 0 spiro atoms. The molecule has 2 aliphatic heterocycles. The molecule has 1 aromatic carbocycles. The Balaban J connectivity index is 1.71.